The number of fused-ring (bicyclic) bond motifs is 1. The van der Waals surface area contributed by atoms with Crippen molar-refractivity contribution in [1.29, 1.82) is 0 Å². The molecule has 0 aliphatic heterocycles. The molecule has 0 unspecified atom stereocenters. The number of rotatable bonds is 6. The lowest BCUT2D eigenvalue weighted by molar-refractivity contribution is 0.240. The van der Waals surface area contributed by atoms with Gasteiger partial charge in [-0.3, -0.25) is 0 Å². The predicted molar refractivity (Wildman–Crippen MR) is 95.2 cm³/mol. The number of hydrogen-bond acceptors (Lipinski definition) is 2. The van der Waals surface area contributed by atoms with Gasteiger partial charge in [0.1, 0.15) is 5.75 Å². The molecule has 24 heavy (non-hydrogen) atoms. The van der Waals surface area contributed by atoms with Crippen molar-refractivity contribution in [2.75, 3.05) is 13.7 Å². The largest absolute Gasteiger partial charge is 0.496 e. The van der Waals surface area contributed by atoms with Crippen LogP contribution in [0, 0.1) is 0 Å². The SMILES string of the molecule is COc1ccccc1CCNC(=O)NCc1c[nH]c2ccccc12. The first-order chi connectivity index (χ1) is 11.8. The van der Waals surface area contributed by atoms with E-state index in [1.807, 2.05) is 54.7 Å². The zero-order valence-electron chi connectivity index (χ0n) is 13.6. The number of amides is 2. The summed E-state index contributed by atoms with van der Waals surface area (Å²) in [5.74, 6) is 0.846. The van der Waals surface area contributed by atoms with Crippen molar-refractivity contribution in [3.05, 3.63) is 65.9 Å². The summed E-state index contributed by atoms with van der Waals surface area (Å²) >= 11 is 0. The summed E-state index contributed by atoms with van der Waals surface area (Å²) in [6, 6.07) is 15.7. The maximum atomic E-state index is 12.0. The Morgan fingerprint density at radius 1 is 1.04 bits per heavy atom. The summed E-state index contributed by atoms with van der Waals surface area (Å²) in [4.78, 5) is 15.2. The average Bonchev–Trinajstić information content (AvgIpc) is 3.03. The highest BCUT2D eigenvalue weighted by molar-refractivity contribution is 5.83. The van der Waals surface area contributed by atoms with Gasteiger partial charge in [-0.2, -0.15) is 0 Å². The van der Waals surface area contributed by atoms with Gasteiger partial charge >= 0.3 is 6.03 Å². The number of H-pyrrole nitrogens is 1. The number of para-hydroxylation sites is 2. The Balaban J connectivity index is 1.48. The quantitative estimate of drug-likeness (QED) is 0.652. The first kappa shape index (κ1) is 15.9. The van der Waals surface area contributed by atoms with Crippen LogP contribution in [0.3, 0.4) is 0 Å². The van der Waals surface area contributed by atoms with Crippen molar-refractivity contribution in [3.8, 4) is 5.75 Å². The number of benzene rings is 2. The molecule has 0 saturated heterocycles. The number of ether oxygens (including phenoxy) is 1. The van der Waals surface area contributed by atoms with Gasteiger partial charge in [0.25, 0.3) is 0 Å². The van der Waals surface area contributed by atoms with Gasteiger partial charge in [0.2, 0.25) is 0 Å². The van der Waals surface area contributed by atoms with E-state index in [-0.39, 0.29) is 6.03 Å². The van der Waals surface area contributed by atoms with Crippen LogP contribution in [0.15, 0.2) is 54.7 Å². The van der Waals surface area contributed by atoms with Crippen molar-refractivity contribution in [1.82, 2.24) is 15.6 Å². The number of urea groups is 1. The number of methoxy groups -OCH3 is 1. The lowest BCUT2D eigenvalue weighted by Crippen LogP contribution is -2.36. The number of hydrogen-bond donors (Lipinski definition) is 3. The van der Waals surface area contributed by atoms with Crippen LogP contribution in [0.25, 0.3) is 10.9 Å². The first-order valence-electron chi connectivity index (χ1n) is 7.96. The lowest BCUT2D eigenvalue weighted by Gasteiger charge is -2.10. The minimum absolute atomic E-state index is 0.171. The fraction of sp³-hybridized carbons (Fsp3) is 0.211. The summed E-state index contributed by atoms with van der Waals surface area (Å²) in [5.41, 5.74) is 3.23. The normalized spacial score (nSPS) is 10.5. The van der Waals surface area contributed by atoms with Crippen molar-refractivity contribution < 1.29 is 9.53 Å². The highest BCUT2D eigenvalue weighted by Crippen LogP contribution is 2.18. The summed E-state index contributed by atoms with van der Waals surface area (Å²) in [7, 11) is 1.65. The van der Waals surface area contributed by atoms with Gasteiger partial charge in [0, 0.05) is 30.2 Å². The van der Waals surface area contributed by atoms with Crippen LogP contribution in [0.5, 0.6) is 5.75 Å². The van der Waals surface area contributed by atoms with E-state index in [2.05, 4.69) is 15.6 Å². The van der Waals surface area contributed by atoms with E-state index in [1.54, 1.807) is 7.11 Å². The number of carbonyl (C=O) groups excluding carboxylic acids is 1. The van der Waals surface area contributed by atoms with Gasteiger partial charge in [-0.15, -0.1) is 0 Å². The highest BCUT2D eigenvalue weighted by Gasteiger charge is 2.06. The Labute approximate surface area is 141 Å². The minimum atomic E-state index is -0.171. The molecule has 3 N–H and O–H groups in total. The van der Waals surface area contributed by atoms with E-state index >= 15 is 0 Å². The maximum absolute atomic E-state index is 12.0. The molecule has 5 nitrogen and oxygen atoms in total. The summed E-state index contributed by atoms with van der Waals surface area (Å²) in [6.45, 7) is 1.05. The number of aromatic nitrogens is 1. The monoisotopic (exact) mass is 323 g/mol. The van der Waals surface area contributed by atoms with Gasteiger partial charge < -0.3 is 20.4 Å². The molecular weight excluding hydrogens is 302 g/mol. The molecule has 124 valence electrons. The molecule has 2 aromatic carbocycles. The molecule has 0 aliphatic carbocycles. The molecule has 0 bridgehead atoms. The van der Waals surface area contributed by atoms with Crippen LogP contribution < -0.4 is 15.4 Å². The van der Waals surface area contributed by atoms with E-state index in [0.717, 1.165) is 34.2 Å². The molecule has 3 rings (SSSR count). The van der Waals surface area contributed by atoms with Crippen LogP contribution in [0.1, 0.15) is 11.1 Å². The molecule has 0 aliphatic rings. The molecule has 1 heterocycles. The van der Waals surface area contributed by atoms with Crippen LogP contribution >= 0.6 is 0 Å². The minimum Gasteiger partial charge on any atom is -0.496 e. The summed E-state index contributed by atoms with van der Waals surface area (Å²) in [6.07, 6.45) is 2.66. The highest BCUT2D eigenvalue weighted by atomic mass is 16.5. The fourth-order valence-corrected chi connectivity index (χ4v) is 2.74. The molecule has 2 amide bonds. The molecule has 1 aromatic heterocycles. The average molecular weight is 323 g/mol. The van der Waals surface area contributed by atoms with Crippen molar-refractivity contribution in [2.45, 2.75) is 13.0 Å². The number of nitrogens with one attached hydrogen (secondary N) is 3. The van der Waals surface area contributed by atoms with E-state index in [1.165, 1.54) is 0 Å². The topological polar surface area (TPSA) is 66.2 Å². The zero-order valence-corrected chi connectivity index (χ0v) is 13.6. The Hall–Kier alpha value is -2.95. The van der Waals surface area contributed by atoms with Crippen LogP contribution in [-0.2, 0) is 13.0 Å². The molecule has 3 aromatic rings. The van der Waals surface area contributed by atoms with Crippen LogP contribution in [0.4, 0.5) is 4.79 Å². The standard InChI is InChI=1S/C19H21N3O2/c1-24-18-9-5-2-6-14(18)10-11-20-19(23)22-13-15-12-21-17-8-4-3-7-16(15)17/h2-9,12,21H,10-11,13H2,1H3,(H2,20,22,23). The van der Waals surface area contributed by atoms with Crippen molar-refractivity contribution >= 4 is 16.9 Å². The Morgan fingerprint density at radius 3 is 2.71 bits per heavy atom. The number of carbonyl (C=O) groups is 1. The molecule has 5 heteroatoms. The fourth-order valence-electron chi connectivity index (χ4n) is 2.74. The molecule has 0 fully saturated rings. The first-order valence-corrected chi connectivity index (χ1v) is 7.96. The summed E-state index contributed by atoms with van der Waals surface area (Å²) < 4.78 is 5.31. The van der Waals surface area contributed by atoms with Gasteiger partial charge in [-0.1, -0.05) is 36.4 Å². The summed E-state index contributed by atoms with van der Waals surface area (Å²) in [5, 5.41) is 6.90. The molecular formula is C19H21N3O2. The number of aromatic amines is 1. The molecule has 0 atom stereocenters. The van der Waals surface area contributed by atoms with Gasteiger partial charge in [0.05, 0.1) is 7.11 Å². The van der Waals surface area contributed by atoms with Crippen LogP contribution in [-0.4, -0.2) is 24.7 Å². The van der Waals surface area contributed by atoms with E-state index in [4.69, 9.17) is 4.74 Å². The van der Waals surface area contributed by atoms with Crippen LogP contribution in [0.2, 0.25) is 0 Å². The second-order valence-corrected chi connectivity index (χ2v) is 5.53. The molecule has 0 radical (unpaired) electrons. The maximum Gasteiger partial charge on any atom is 0.315 e. The second kappa shape index (κ2) is 7.55. The van der Waals surface area contributed by atoms with E-state index < -0.39 is 0 Å². The third-order valence-corrected chi connectivity index (χ3v) is 3.99. The lowest BCUT2D eigenvalue weighted by atomic mass is 10.1. The Bertz CT molecular complexity index is 826. The predicted octanol–water partition coefficient (Wildman–Crippen LogP) is 3.22. The third-order valence-electron chi connectivity index (χ3n) is 3.99. The second-order valence-electron chi connectivity index (χ2n) is 5.53. The smallest absolute Gasteiger partial charge is 0.315 e. The molecule has 0 spiro atoms. The van der Waals surface area contributed by atoms with E-state index in [0.29, 0.717) is 13.1 Å². The third kappa shape index (κ3) is 3.68. The Kier molecular flexibility index (Phi) is 5.01. The zero-order chi connectivity index (χ0) is 16.8. The van der Waals surface area contributed by atoms with Gasteiger partial charge in [-0.25, -0.2) is 4.79 Å². The van der Waals surface area contributed by atoms with Crippen molar-refractivity contribution in [2.24, 2.45) is 0 Å². The van der Waals surface area contributed by atoms with Gasteiger partial charge in [-0.05, 0) is 29.7 Å². The van der Waals surface area contributed by atoms with Gasteiger partial charge in [0.15, 0.2) is 0 Å². The van der Waals surface area contributed by atoms with Crippen molar-refractivity contribution in [3.63, 3.8) is 0 Å². The molecule has 0 saturated carbocycles. The van der Waals surface area contributed by atoms with E-state index in [9.17, 15) is 4.79 Å². The Morgan fingerprint density at radius 2 is 1.83 bits per heavy atom.